The highest BCUT2D eigenvalue weighted by Crippen LogP contribution is 2.21. The van der Waals surface area contributed by atoms with E-state index in [4.69, 9.17) is 9.47 Å². The first-order valence-electron chi connectivity index (χ1n) is 9.30. The van der Waals surface area contributed by atoms with Crippen LogP contribution in [0.5, 0.6) is 11.5 Å². The summed E-state index contributed by atoms with van der Waals surface area (Å²) in [6.45, 7) is 8.07. The van der Waals surface area contributed by atoms with E-state index in [0.717, 1.165) is 39.4 Å². The molecule has 0 fully saturated rings. The number of benzene rings is 3. The Kier molecular flexibility index (Phi) is 6.28. The predicted octanol–water partition coefficient (Wildman–Crippen LogP) is 6.70. The van der Waals surface area contributed by atoms with Crippen LogP contribution in [0.2, 0.25) is 0 Å². The first-order valence-corrected chi connectivity index (χ1v) is 9.30. The van der Waals surface area contributed by atoms with Gasteiger partial charge >= 0.3 is 0 Å². The van der Waals surface area contributed by atoms with E-state index in [-0.39, 0.29) is 0 Å². The lowest BCUT2D eigenvalue weighted by atomic mass is 10.1. The normalized spacial score (nSPS) is 12.0. The quantitative estimate of drug-likeness (QED) is 0.284. The van der Waals surface area contributed by atoms with E-state index in [0.29, 0.717) is 5.90 Å². The van der Waals surface area contributed by atoms with Gasteiger partial charge < -0.3 is 9.47 Å². The van der Waals surface area contributed by atoms with Crippen LogP contribution in [-0.2, 0) is 0 Å². The van der Waals surface area contributed by atoms with Crippen LogP contribution >= 0.6 is 0 Å². The standard InChI is InChI=1S/C25H25NO2/c1-18-9-8-12-23(14-18)27-17-21(4)25(26-22-10-6-5-7-11-22)28-24-15-19(2)13-20(3)16-24/h5-17H,1-4H3/b21-17+,26-25-. The maximum Gasteiger partial charge on any atom is 0.225 e. The molecule has 0 aromatic heterocycles. The molecule has 0 N–H and O–H groups in total. The van der Waals surface area contributed by atoms with Crippen LogP contribution in [0.15, 0.2) is 89.6 Å². The molecule has 0 aliphatic carbocycles. The molecule has 3 heteroatoms. The zero-order valence-corrected chi connectivity index (χ0v) is 16.8. The van der Waals surface area contributed by atoms with Gasteiger partial charge in [0.05, 0.1) is 11.9 Å². The van der Waals surface area contributed by atoms with E-state index in [1.165, 1.54) is 0 Å². The van der Waals surface area contributed by atoms with Gasteiger partial charge in [0.15, 0.2) is 0 Å². The van der Waals surface area contributed by atoms with E-state index >= 15 is 0 Å². The maximum absolute atomic E-state index is 6.16. The van der Waals surface area contributed by atoms with E-state index < -0.39 is 0 Å². The summed E-state index contributed by atoms with van der Waals surface area (Å²) in [5.74, 6) is 2.05. The lowest BCUT2D eigenvalue weighted by Gasteiger charge is -2.12. The number of rotatable bonds is 5. The SMILES string of the molecule is CC(=C\Oc1cccc(C)c1)/C(=N/c1ccccc1)Oc1cc(C)cc(C)c1. The lowest BCUT2D eigenvalue weighted by molar-refractivity contribution is 0.473. The topological polar surface area (TPSA) is 30.8 Å². The molecule has 3 aromatic carbocycles. The second-order valence-corrected chi connectivity index (χ2v) is 6.91. The van der Waals surface area contributed by atoms with Crippen LogP contribution in [0, 0.1) is 20.8 Å². The molecule has 0 saturated carbocycles. The van der Waals surface area contributed by atoms with E-state index in [9.17, 15) is 0 Å². The molecule has 0 aliphatic rings. The van der Waals surface area contributed by atoms with Gasteiger partial charge in [0.2, 0.25) is 5.90 Å². The number of nitrogens with zero attached hydrogens (tertiary/aromatic N) is 1. The molecule has 28 heavy (non-hydrogen) atoms. The van der Waals surface area contributed by atoms with Crippen molar-refractivity contribution in [3.8, 4) is 11.5 Å². The average molecular weight is 371 g/mol. The summed E-state index contributed by atoms with van der Waals surface area (Å²) in [6.07, 6.45) is 1.68. The van der Waals surface area contributed by atoms with E-state index in [1.807, 2.05) is 80.6 Å². The summed E-state index contributed by atoms with van der Waals surface area (Å²) < 4.78 is 12.0. The Hall–Kier alpha value is -3.33. The minimum Gasteiger partial charge on any atom is -0.465 e. The maximum atomic E-state index is 6.16. The smallest absolute Gasteiger partial charge is 0.225 e. The molecule has 0 bridgehead atoms. The Morgan fingerprint density at radius 3 is 2.11 bits per heavy atom. The number of aryl methyl sites for hydroxylation is 3. The number of ether oxygens (including phenoxy) is 2. The van der Waals surface area contributed by atoms with Crippen LogP contribution in [0.3, 0.4) is 0 Å². The minimum atomic E-state index is 0.504. The second-order valence-electron chi connectivity index (χ2n) is 6.91. The third-order valence-corrected chi connectivity index (χ3v) is 4.10. The molecule has 0 radical (unpaired) electrons. The van der Waals surface area contributed by atoms with Gasteiger partial charge in [-0.3, -0.25) is 0 Å². The van der Waals surface area contributed by atoms with Gasteiger partial charge in [-0.25, -0.2) is 4.99 Å². The molecule has 0 unspecified atom stereocenters. The van der Waals surface area contributed by atoms with Crippen LogP contribution in [0.1, 0.15) is 23.6 Å². The molecule has 0 aliphatic heterocycles. The van der Waals surface area contributed by atoms with Gasteiger partial charge in [-0.05, 0) is 80.8 Å². The summed E-state index contributed by atoms with van der Waals surface area (Å²) in [5, 5.41) is 0. The zero-order chi connectivity index (χ0) is 19.9. The third-order valence-electron chi connectivity index (χ3n) is 4.10. The van der Waals surface area contributed by atoms with Crippen LogP contribution < -0.4 is 9.47 Å². The summed E-state index contributed by atoms with van der Waals surface area (Å²) in [5.41, 5.74) is 5.06. The molecule has 0 heterocycles. The average Bonchev–Trinajstić information content (AvgIpc) is 2.66. The Bertz CT molecular complexity index is 984. The zero-order valence-electron chi connectivity index (χ0n) is 16.8. The highest BCUT2D eigenvalue weighted by atomic mass is 16.5. The van der Waals surface area contributed by atoms with Crippen molar-refractivity contribution in [2.45, 2.75) is 27.7 Å². The summed E-state index contributed by atoms with van der Waals surface area (Å²) in [7, 11) is 0. The van der Waals surface area contributed by atoms with Crippen molar-refractivity contribution in [1.29, 1.82) is 0 Å². The van der Waals surface area contributed by atoms with Crippen molar-refractivity contribution in [1.82, 2.24) is 0 Å². The number of aliphatic imine (C=N–C) groups is 1. The largest absolute Gasteiger partial charge is 0.465 e. The number of hydrogen-bond acceptors (Lipinski definition) is 3. The van der Waals surface area contributed by atoms with Crippen LogP contribution in [0.4, 0.5) is 5.69 Å². The highest BCUT2D eigenvalue weighted by molar-refractivity contribution is 5.96. The first kappa shape index (κ1) is 19.4. The van der Waals surface area contributed by atoms with Gasteiger partial charge in [0.25, 0.3) is 0 Å². The summed E-state index contributed by atoms with van der Waals surface area (Å²) in [4.78, 5) is 4.69. The highest BCUT2D eigenvalue weighted by Gasteiger charge is 2.09. The summed E-state index contributed by atoms with van der Waals surface area (Å²) >= 11 is 0. The Balaban J connectivity index is 1.90. The van der Waals surface area contributed by atoms with Crippen molar-refractivity contribution < 1.29 is 9.47 Å². The fourth-order valence-electron chi connectivity index (χ4n) is 2.81. The molecule has 3 rings (SSSR count). The molecule has 3 nitrogen and oxygen atoms in total. The van der Waals surface area contributed by atoms with Crippen molar-refractivity contribution in [2.75, 3.05) is 0 Å². The van der Waals surface area contributed by atoms with Gasteiger partial charge in [0, 0.05) is 5.57 Å². The molecule has 0 spiro atoms. The predicted molar refractivity (Wildman–Crippen MR) is 116 cm³/mol. The molecular formula is C25H25NO2. The second kappa shape index (κ2) is 9.05. The van der Waals surface area contributed by atoms with Gasteiger partial charge in [-0.2, -0.15) is 0 Å². The number of hydrogen-bond donors (Lipinski definition) is 0. The molecule has 0 atom stereocenters. The lowest BCUT2D eigenvalue weighted by Crippen LogP contribution is -2.11. The fourth-order valence-corrected chi connectivity index (χ4v) is 2.81. The van der Waals surface area contributed by atoms with Crippen LogP contribution in [-0.4, -0.2) is 5.90 Å². The van der Waals surface area contributed by atoms with Crippen molar-refractivity contribution in [2.24, 2.45) is 4.99 Å². The third kappa shape index (κ3) is 5.58. The van der Waals surface area contributed by atoms with Gasteiger partial charge in [-0.15, -0.1) is 0 Å². The summed E-state index contributed by atoms with van der Waals surface area (Å²) in [6, 6.07) is 23.8. The Morgan fingerprint density at radius 1 is 0.750 bits per heavy atom. The minimum absolute atomic E-state index is 0.504. The Labute approximate surface area is 167 Å². The molecular weight excluding hydrogens is 346 g/mol. The van der Waals surface area contributed by atoms with Gasteiger partial charge in [0.1, 0.15) is 11.5 Å². The van der Waals surface area contributed by atoms with Crippen molar-refractivity contribution in [3.05, 3.63) is 101 Å². The molecule has 0 saturated heterocycles. The molecule has 142 valence electrons. The van der Waals surface area contributed by atoms with E-state index in [1.54, 1.807) is 6.26 Å². The Morgan fingerprint density at radius 2 is 1.43 bits per heavy atom. The van der Waals surface area contributed by atoms with Crippen LogP contribution in [0.25, 0.3) is 0 Å². The first-order chi connectivity index (χ1) is 13.5. The van der Waals surface area contributed by atoms with E-state index in [2.05, 4.69) is 24.9 Å². The monoisotopic (exact) mass is 371 g/mol. The molecule has 0 amide bonds. The van der Waals surface area contributed by atoms with Crippen molar-refractivity contribution in [3.63, 3.8) is 0 Å². The molecule has 3 aromatic rings. The van der Waals surface area contributed by atoms with Gasteiger partial charge in [-0.1, -0.05) is 36.4 Å². The van der Waals surface area contributed by atoms with Crippen molar-refractivity contribution >= 4 is 11.6 Å². The number of para-hydroxylation sites is 1. The fraction of sp³-hybridized carbons (Fsp3) is 0.160.